The Morgan fingerprint density at radius 3 is 2.93 bits per heavy atom. The smallest absolute Gasteiger partial charge is 0.254 e. The van der Waals surface area contributed by atoms with Gasteiger partial charge in [-0.05, 0) is 25.5 Å². The summed E-state index contributed by atoms with van der Waals surface area (Å²) >= 11 is 0. The predicted octanol–water partition coefficient (Wildman–Crippen LogP) is 1.17. The van der Waals surface area contributed by atoms with Gasteiger partial charge in [0.1, 0.15) is 0 Å². The van der Waals surface area contributed by atoms with Gasteiger partial charge in [0.05, 0.1) is 0 Å². The summed E-state index contributed by atoms with van der Waals surface area (Å²) in [5.74, 6) is 0.111. The minimum Gasteiger partial charge on any atom is -0.334 e. The first-order valence-electron chi connectivity index (χ1n) is 5.30. The minimum absolute atomic E-state index is 0.111. The summed E-state index contributed by atoms with van der Waals surface area (Å²) in [5.41, 5.74) is 7.46. The van der Waals surface area contributed by atoms with Crippen LogP contribution in [0, 0.1) is 6.92 Å². The fourth-order valence-corrected chi connectivity index (χ4v) is 1.90. The Balaban J connectivity index is 2.14. The molecule has 0 saturated carbocycles. The maximum Gasteiger partial charge on any atom is 0.254 e. The zero-order chi connectivity index (χ0) is 10.8. The summed E-state index contributed by atoms with van der Waals surface area (Å²) in [6.07, 6.45) is 1.04. The second-order valence-corrected chi connectivity index (χ2v) is 4.05. The molecule has 1 fully saturated rings. The third-order valence-corrected chi connectivity index (χ3v) is 2.94. The van der Waals surface area contributed by atoms with Crippen molar-refractivity contribution in [2.75, 3.05) is 13.1 Å². The molecule has 1 aliphatic rings. The summed E-state index contributed by atoms with van der Waals surface area (Å²) in [5, 5.41) is 0. The molecule has 2 N–H and O–H groups in total. The molecule has 1 aliphatic heterocycles. The molecule has 0 aliphatic carbocycles. The van der Waals surface area contributed by atoms with Crippen molar-refractivity contribution in [3.8, 4) is 0 Å². The number of amides is 1. The molecule has 1 unspecified atom stereocenters. The van der Waals surface area contributed by atoms with E-state index in [4.69, 9.17) is 5.73 Å². The molecule has 1 aromatic rings. The van der Waals surface area contributed by atoms with Crippen molar-refractivity contribution in [1.82, 2.24) is 4.90 Å². The van der Waals surface area contributed by atoms with E-state index >= 15 is 0 Å². The standard InChI is InChI=1S/C12H16N2O/c1-9-3-2-4-10(7-9)12(15)14-6-5-11(14)8-13/h2-4,7,11H,5-6,8,13H2,1H3. The lowest BCUT2D eigenvalue weighted by molar-refractivity contribution is 0.0481. The van der Waals surface area contributed by atoms with Gasteiger partial charge in [-0.15, -0.1) is 0 Å². The van der Waals surface area contributed by atoms with Gasteiger partial charge in [-0.1, -0.05) is 17.7 Å². The Labute approximate surface area is 89.9 Å². The zero-order valence-electron chi connectivity index (χ0n) is 8.94. The molecule has 15 heavy (non-hydrogen) atoms. The monoisotopic (exact) mass is 204 g/mol. The van der Waals surface area contributed by atoms with Crippen LogP contribution in [0.1, 0.15) is 22.3 Å². The number of carbonyl (C=O) groups is 1. The minimum atomic E-state index is 0.111. The topological polar surface area (TPSA) is 46.3 Å². The van der Waals surface area contributed by atoms with Crippen molar-refractivity contribution in [2.24, 2.45) is 5.73 Å². The van der Waals surface area contributed by atoms with Crippen LogP contribution in [0.4, 0.5) is 0 Å². The molecule has 80 valence electrons. The van der Waals surface area contributed by atoms with E-state index in [0.29, 0.717) is 6.54 Å². The first kappa shape index (κ1) is 10.2. The molecule has 1 heterocycles. The Morgan fingerprint density at radius 1 is 1.60 bits per heavy atom. The maximum atomic E-state index is 12.0. The maximum absolute atomic E-state index is 12.0. The fourth-order valence-electron chi connectivity index (χ4n) is 1.90. The molecule has 3 heteroatoms. The van der Waals surface area contributed by atoms with Crippen LogP contribution in [0.2, 0.25) is 0 Å². The predicted molar refractivity (Wildman–Crippen MR) is 59.7 cm³/mol. The SMILES string of the molecule is Cc1cccc(C(=O)N2CCC2CN)c1. The molecule has 0 bridgehead atoms. The van der Waals surface area contributed by atoms with Gasteiger partial charge in [0.25, 0.3) is 5.91 Å². The summed E-state index contributed by atoms with van der Waals surface area (Å²) in [4.78, 5) is 13.9. The van der Waals surface area contributed by atoms with Gasteiger partial charge in [-0.3, -0.25) is 4.79 Å². The van der Waals surface area contributed by atoms with Crippen molar-refractivity contribution in [3.63, 3.8) is 0 Å². The van der Waals surface area contributed by atoms with Crippen LogP contribution in [0.3, 0.4) is 0 Å². The highest BCUT2D eigenvalue weighted by Gasteiger charge is 2.31. The lowest BCUT2D eigenvalue weighted by Gasteiger charge is -2.40. The third kappa shape index (κ3) is 1.88. The lowest BCUT2D eigenvalue weighted by Crippen LogP contribution is -2.54. The van der Waals surface area contributed by atoms with Gasteiger partial charge in [-0.25, -0.2) is 0 Å². The number of hydrogen-bond donors (Lipinski definition) is 1. The second kappa shape index (κ2) is 4.03. The van der Waals surface area contributed by atoms with E-state index in [1.165, 1.54) is 0 Å². The van der Waals surface area contributed by atoms with Crippen LogP contribution >= 0.6 is 0 Å². The molecule has 3 nitrogen and oxygen atoms in total. The van der Waals surface area contributed by atoms with Gasteiger partial charge in [0.15, 0.2) is 0 Å². The number of benzene rings is 1. The number of nitrogens with two attached hydrogens (primary N) is 1. The van der Waals surface area contributed by atoms with Crippen LogP contribution in [-0.2, 0) is 0 Å². The van der Waals surface area contributed by atoms with Crippen LogP contribution in [-0.4, -0.2) is 29.9 Å². The first-order chi connectivity index (χ1) is 7.22. The van der Waals surface area contributed by atoms with E-state index in [1.807, 2.05) is 36.1 Å². The molecule has 0 radical (unpaired) electrons. The van der Waals surface area contributed by atoms with Crippen LogP contribution < -0.4 is 5.73 Å². The van der Waals surface area contributed by atoms with Crippen LogP contribution in [0.5, 0.6) is 0 Å². The third-order valence-electron chi connectivity index (χ3n) is 2.94. The van der Waals surface area contributed by atoms with Gasteiger partial charge >= 0.3 is 0 Å². The lowest BCUT2D eigenvalue weighted by atomic mass is 10.0. The molecule has 1 aromatic carbocycles. The molecule has 2 rings (SSSR count). The number of rotatable bonds is 2. The summed E-state index contributed by atoms with van der Waals surface area (Å²) in [6.45, 7) is 3.40. The summed E-state index contributed by atoms with van der Waals surface area (Å²) < 4.78 is 0. The molecule has 1 amide bonds. The average molecular weight is 204 g/mol. The highest BCUT2D eigenvalue weighted by atomic mass is 16.2. The zero-order valence-corrected chi connectivity index (χ0v) is 8.94. The highest BCUT2D eigenvalue weighted by Crippen LogP contribution is 2.19. The molecule has 0 spiro atoms. The summed E-state index contributed by atoms with van der Waals surface area (Å²) in [6, 6.07) is 7.95. The number of nitrogens with zero attached hydrogens (tertiary/aromatic N) is 1. The highest BCUT2D eigenvalue weighted by molar-refractivity contribution is 5.95. The van der Waals surface area contributed by atoms with E-state index in [1.54, 1.807) is 0 Å². The van der Waals surface area contributed by atoms with E-state index in [-0.39, 0.29) is 11.9 Å². The molecule has 0 aromatic heterocycles. The van der Waals surface area contributed by atoms with Gasteiger partial charge in [0, 0.05) is 24.7 Å². The second-order valence-electron chi connectivity index (χ2n) is 4.05. The quantitative estimate of drug-likeness (QED) is 0.786. The fraction of sp³-hybridized carbons (Fsp3) is 0.417. The normalized spacial score (nSPS) is 19.9. The van der Waals surface area contributed by atoms with E-state index in [2.05, 4.69) is 0 Å². The Bertz CT molecular complexity index is 374. The van der Waals surface area contributed by atoms with Crippen molar-refractivity contribution in [1.29, 1.82) is 0 Å². The van der Waals surface area contributed by atoms with E-state index < -0.39 is 0 Å². The van der Waals surface area contributed by atoms with Crippen LogP contribution in [0.15, 0.2) is 24.3 Å². The largest absolute Gasteiger partial charge is 0.334 e. The van der Waals surface area contributed by atoms with Gasteiger partial charge in [-0.2, -0.15) is 0 Å². The Kier molecular flexibility index (Phi) is 2.73. The van der Waals surface area contributed by atoms with E-state index in [9.17, 15) is 4.79 Å². The first-order valence-corrected chi connectivity index (χ1v) is 5.30. The Hall–Kier alpha value is -1.35. The van der Waals surface area contributed by atoms with Crippen molar-refractivity contribution >= 4 is 5.91 Å². The number of carbonyl (C=O) groups excluding carboxylic acids is 1. The number of likely N-dealkylation sites (tertiary alicyclic amines) is 1. The molecular formula is C12H16N2O. The van der Waals surface area contributed by atoms with Gasteiger partial charge < -0.3 is 10.6 Å². The van der Waals surface area contributed by atoms with Crippen molar-refractivity contribution < 1.29 is 4.79 Å². The van der Waals surface area contributed by atoms with E-state index in [0.717, 1.165) is 24.1 Å². The summed E-state index contributed by atoms with van der Waals surface area (Å²) in [7, 11) is 0. The number of hydrogen-bond acceptors (Lipinski definition) is 2. The average Bonchev–Trinajstić information content (AvgIpc) is 2.17. The number of aryl methyl sites for hydroxylation is 1. The Morgan fingerprint density at radius 2 is 2.40 bits per heavy atom. The molecule has 1 atom stereocenters. The van der Waals surface area contributed by atoms with Crippen molar-refractivity contribution in [3.05, 3.63) is 35.4 Å². The molecular weight excluding hydrogens is 188 g/mol. The van der Waals surface area contributed by atoms with Crippen molar-refractivity contribution in [2.45, 2.75) is 19.4 Å². The van der Waals surface area contributed by atoms with Gasteiger partial charge in [0.2, 0.25) is 0 Å². The van der Waals surface area contributed by atoms with Crippen LogP contribution in [0.25, 0.3) is 0 Å². The molecule has 1 saturated heterocycles.